The highest BCUT2D eigenvalue weighted by Crippen LogP contribution is 2.30. The van der Waals surface area contributed by atoms with Crippen molar-refractivity contribution < 1.29 is 8.95 Å². The molecule has 0 aromatic carbocycles. The van der Waals surface area contributed by atoms with E-state index in [4.69, 9.17) is 14.7 Å². The monoisotopic (exact) mass is 568 g/mol. The van der Waals surface area contributed by atoms with Crippen molar-refractivity contribution in [3.05, 3.63) is 67.0 Å². The van der Waals surface area contributed by atoms with Crippen molar-refractivity contribution in [2.75, 3.05) is 36.6 Å². The molecule has 1 aliphatic rings. The molecule has 0 saturated carbocycles. The number of nitrogens with zero attached hydrogens (tertiary/aromatic N) is 10. The molecule has 6 rings (SSSR count). The fraction of sp³-hybridized carbons (Fsp3) is 0.286. The molecule has 0 radical (unpaired) electrons. The second-order valence-electron chi connectivity index (χ2n) is 9.96. The summed E-state index contributed by atoms with van der Waals surface area (Å²) in [7, 11) is -0.847. The van der Waals surface area contributed by atoms with Crippen molar-refractivity contribution in [1.82, 2.24) is 34.3 Å². The Kier molecular flexibility index (Phi) is 6.84. The maximum atomic E-state index is 13.4. The van der Waals surface area contributed by atoms with Crippen LogP contribution in [-0.2, 0) is 9.73 Å². The minimum Gasteiger partial charge on any atom is -0.481 e. The Labute approximate surface area is 237 Å². The summed E-state index contributed by atoms with van der Waals surface area (Å²) >= 11 is 0. The molecule has 0 bridgehead atoms. The predicted octanol–water partition coefficient (Wildman–Crippen LogP) is 4.13. The largest absolute Gasteiger partial charge is 0.481 e. The molecule has 0 spiro atoms. The van der Waals surface area contributed by atoms with Gasteiger partial charge in [0.05, 0.1) is 58.7 Å². The molecule has 13 heteroatoms. The molecule has 0 unspecified atom stereocenters. The maximum absolute atomic E-state index is 13.4. The number of pyridine rings is 2. The Morgan fingerprint density at radius 1 is 1.00 bits per heavy atom. The molecule has 0 N–H and O–H groups in total. The lowest BCUT2D eigenvalue weighted by Crippen LogP contribution is -2.40. The molecule has 6 heterocycles. The summed E-state index contributed by atoms with van der Waals surface area (Å²) in [6.07, 6.45) is 10.4. The third-order valence-electron chi connectivity index (χ3n) is 6.95. The molecule has 208 valence electrons. The summed E-state index contributed by atoms with van der Waals surface area (Å²) in [6, 6.07) is 9.78. The summed E-state index contributed by atoms with van der Waals surface area (Å²) in [5.41, 5.74) is 4.56. The van der Waals surface area contributed by atoms with Crippen LogP contribution < -0.4 is 9.64 Å². The summed E-state index contributed by atoms with van der Waals surface area (Å²) in [5, 5.41) is 18.6. The molecule has 0 atom stereocenters. The number of aromatic nitrogens is 7. The fourth-order valence-electron chi connectivity index (χ4n) is 4.68. The molecule has 1 aliphatic heterocycles. The van der Waals surface area contributed by atoms with Crippen molar-refractivity contribution in [2.24, 2.45) is 4.36 Å². The normalized spacial score (nSPS) is 14.8. The first-order chi connectivity index (χ1) is 19.9. The first-order valence-electron chi connectivity index (χ1n) is 13.1. The van der Waals surface area contributed by atoms with Gasteiger partial charge in [-0.2, -0.15) is 19.8 Å². The number of rotatable bonds is 6. The van der Waals surface area contributed by atoms with E-state index in [2.05, 4.69) is 44.4 Å². The van der Waals surface area contributed by atoms with Crippen molar-refractivity contribution in [1.29, 1.82) is 5.26 Å². The highest BCUT2D eigenvalue weighted by molar-refractivity contribution is 7.93. The standard InChI is InChI=1S/C28H28N10O2S/c1-19(2)37-17-22(15-32-37)24-18-38-28(21(12-29)14-33-38)27(34-24)20-4-6-25(30-13-20)36-8-10-41(39,11-9-36)35-23-5-7-26(40-3)31-16-23/h4-7,13-19H,8-11H2,1-3H3. The number of anilines is 1. The molecule has 0 amide bonds. The Hall–Kier alpha value is -4.83. The van der Waals surface area contributed by atoms with E-state index in [0.717, 1.165) is 16.9 Å². The van der Waals surface area contributed by atoms with Crippen molar-refractivity contribution in [3.63, 3.8) is 0 Å². The van der Waals surface area contributed by atoms with Gasteiger partial charge >= 0.3 is 0 Å². The molecule has 1 saturated heterocycles. The lowest BCUT2D eigenvalue weighted by atomic mass is 10.1. The second kappa shape index (κ2) is 10.6. The van der Waals surface area contributed by atoms with Gasteiger partial charge in [0.15, 0.2) is 0 Å². The Bertz CT molecular complexity index is 1860. The highest BCUT2D eigenvalue weighted by Gasteiger charge is 2.23. The van der Waals surface area contributed by atoms with E-state index in [0.29, 0.717) is 58.6 Å². The van der Waals surface area contributed by atoms with Crippen LogP contribution >= 0.6 is 0 Å². The van der Waals surface area contributed by atoms with Gasteiger partial charge in [0.2, 0.25) is 5.88 Å². The van der Waals surface area contributed by atoms with E-state index < -0.39 is 9.73 Å². The van der Waals surface area contributed by atoms with E-state index in [1.807, 2.05) is 23.0 Å². The zero-order valence-electron chi connectivity index (χ0n) is 22.9. The molecule has 0 aliphatic carbocycles. The summed E-state index contributed by atoms with van der Waals surface area (Å²) in [5.74, 6) is 2.13. The number of fused-ring (bicyclic) bond motifs is 1. The van der Waals surface area contributed by atoms with Gasteiger partial charge in [-0.1, -0.05) is 0 Å². The van der Waals surface area contributed by atoms with Gasteiger partial charge in [-0.05, 0) is 32.0 Å². The maximum Gasteiger partial charge on any atom is 0.213 e. The van der Waals surface area contributed by atoms with Gasteiger partial charge in [-0.25, -0.2) is 23.7 Å². The minimum absolute atomic E-state index is 0.217. The number of hydrogen-bond donors (Lipinski definition) is 0. The fourth-order valence-corrected chi connectivity index (χ4v) is 6.57. The summed E-state index contributed by atoms with van der Waals surface area (Å²) in [4.78, 5) is 15.9. The van der Waals surface area contributed by atoms with E-state index in [1.54, 1.807) is 54.7 Å². The van der Waals surface area contributed by atoms with Gasteiger partial charge in [-0.3, -0.25) is 4.68 Å². The molecule has 5 aromatic heterocycles. The lowest BCUT2D eigenvalue weighted by molar-refractivity contribution is 0.398. The highest BCUT2D eigenvalue weighted by atomic mass is 32.2. The second-order valence-corrected chi connectivity index (χ2v) is 12.5. The van der Waals surface area contributed by atoms with Crippen molar-refractivity contribution in [2.45, 2.75) is 19.9 Å². The summed E-state index contributed by atoms with van der Waals surface area (Å²) < 4.78 is 26.5. The average molecular weight is 569 g/mol. The van der Waals surface area contributed by atoms with Crippen molar-refractivity contribution >= 4 is 26.8 Å². The van der Waals surface area contributed by atoms with Crippen LogP contribution in [0.3, 0.4) is 0 Å². The Morgan fingerprint density at radius 3 is 2.46 bits per heavy atom. The summed E-state index contributed by atoms with van der Waals surface area (Å²) in [6.45, 7) is 5.26. The average Bonchev–Trinajstić information content (AvgIpc) is 3.65. The van der Waals surface area contributed by atoms with Crippen LogP contribution in [0.25, 0.3) is 28.0 Å². The number of ether oxygens (including phenoxy) is 1. The van der Waals surface area contributed by atoms with Crippen LogP contribution in [0.2, 0.25) is 0 Å². The van der Waals surface area contributed by atoms with Crippen LogP contribution in [0.1, 0.15) is 25.5 Å². The van der Waals surface area contributed by atoms with Gasteiger partial charge in [0.25, 0.3) is 0 Å². The van der Waals surface area contributed by atoms with Crippen LogP contribution in [0.5, 0.6) is 5.88 Å². The molecule has 1 fully saturated rings. The predicted molar refractivity (Wildman–Crippen MR) is 156 cm³/mol. The molecular weight excluding hydrogens is 540 g/mol. The minimum atomic E-state index is -2.40. The van der Waals surface area contributed by atoms with Gasteiger partial charge in [0.1, 0.15) is 23.0 Å². The van der Waals surface area contributed by atoms with E-state index >= 15 is 0 Å². The molecule has 12 nitrogen and oxygen atoms in total. The SMILES string of the molecule is COc1ccc(N=S2(=O)CCN(c3ccc(-c4nc(-c5cnn(C(C)C)c5)cn5ncc(C#N)c45)cn3)CC2)cn1. The van der Waals surface area contributed by atoms with E-state index in [9.17, 15) is 9.47 Å². The zero-order valence-corrected chi connectivity index (χ0v) is 23.7. The Morgan fingerprint density at radius 2 is 1.83 bits per heavy atom. The third-order valence-corrected chi connectivity index (χ3v) is 9.14. The molecule has 41 heavy (non-hydrogen) atoms. The van der Waals surface area contributed by atoms with E-state index in [-0.39, 0.29) is 6.04 Å². The number of nitriles is 1. The topological polar surface area (TPSA) is 139 Å². The van der Waals surface area contributed by atoms with Gasteiger partial charge in [-0.15, -0.1) is 0 Å². The zero-order chi connectivity index (χ0) is 28.6. The van der Waals surface area contributed by atoms with Crippen LogP contribution in [0.4, 0.5) is 11.5 Å². The first kappa shape index (κ1) is 26.4. The lowest BCUT2D eigenvalue weighted by Gasteiger charge is -2.29. The van der Waals surface area contributed by atoms with Crippen molar-refractivity contribution in [3.8, 4) is 34.5 Å². The van der Waals surface area contributed by atoms with Crippen LogP contribution in [-0.4, -0.2) is 70.3 Å². The van der Waals surface area contributed by atoms with Crippen LogP contribution in [0.15, 0.2) is 65.8 Å². The molecule has 5 aromatic rings. The quantitative estimate of drug-likeness (QED) is 0.296. The third kappa shape index (κ3) is 5.21. The first-order valence-corrected chi connectivity index (χ1v) is 15.0. The van der Waals surface area contributed by atoms with Gasteiger partial charge < -0.3 is 9.64 Å². The smallest absolute Gasteiger partial charge is 0.213 e. The van der Waals surface area contributed by atoms with E-state index in [1.165, 1.54) is 0 Å². The number of hydrogen-bond acceptors (Lipinski definition) is 10. The van der Waals surface area contributed by atoms with Gasteiger partial charge in [0, 0.05) is 60.2 Å². The Balaban J connectivity index is 1.26. The van der Waals surface area contributed by atoms with Crippen LogP contribution in [0, 0.1) is 11.3 Å². The molecular formula is C28H28N10O2S. The number of methoxy groups -OCH3 is 1.